The molecule has 0 atom stereocenters. The van der Waals surface area contributed by atoms with E-state index in [1.165, 1.54) is 0 Å². The Bertz CT molecular complexity index is 415. The molecule has 68 valence electrons. The molecule has 0 amide bonds. The predicted octanol–water partition coefficient (Wildman–Crippen LogP) is 2.45. The standard InChI is InChI=1S/C11H13NO/c1-2-10-6-9-5-8(7-12)3-4-11(9)13-10/h3-6H,2,7,12H2,1H3. The Morgan fingerprint density at radius 3 is 2.85 bits per heavy atom. The zero-order chi connectivity index (χ0) is 9.26. The summed E-state index contributed by atoms with van der Waals surface area (Å²) in [6.07, 6.45) is 0.937. The van der Waals surface area contributed by atoms with Crippen molar-refractivity contribution in [1.82, 2.24) is 0 Å². The lowest BCUT2D eigenvalue weighted by Crippen LogP contribution is -1.94. The second-order valence-electron chi connectivity index (χ2n) is 3.14. The van der Waals surface area contributed by atoms with Gasteiger partial charge in [0, 0.05) is 18.4 Å². The predicted molar refractivity (Wildman–Crippen MR) is 53.5 cm³/mol. The molecule has 0 fully saturated rings. The van der Waals surface area contributed by atoms with Gasteiger partial charge in [-0.3, -0.25) is 0 Å². The van der Waals surface area contributed by atoms with Gasteiger partial charge in [-0.15, -0.1) is 0 Å². The molecule has 1 heterocycles. The molecule has 0 radical (unpaired) electrons. The Morgan fingerprint density at radius 2 is 2.15 bits per heavy atom. The second kappa shape index (κ2) is 3.23. The van der Waals surface area contributed by atoms with Crippen LogP contribution in [0, 0.1) is 0 Å². The van der Waals surface area contributed by atoms with Crippen LogP contribution in [-0.4, -0.2) is 0 Å². The molecular weight excluding hydrogens is 162 g/mol. The van der Waals surface area contributed by atoms with E-state index >= 15 is 0 Å². The Balaban J connectivity index is 2.57. The fourth-order valence-corrected chi connectivity index (χ4v) is 1.45. The first-order valence-corrected chi connectivity index (χ1v) is 4.55. The highest BCUT2D eigenvalue weighted by atomic mass is 16.3. The molecule has 2 aromatic rings. The van der Waals surface area contributed by atoms with Gasteiger partial charge in [-0.1, -0.05) is 13.0 Å². The van der Waals surface area contributed by atoms with Gasteiger partial charge in [0.05, 0.1) is 0 Å². The van der Waals surface area contributed by atoms with E-state index in [-0.39, 0.29) is 0 Å². The van der Waals surface area contributed by atoms with E-state index in [4.69, 9.17) is 10.2 Å². The summed E-state index contributed by atoms with van der Waals surface area (Å²) in [4.78, 5) is 0. The molecule has 2 nitrogen and oxygen atoms in total. The smallest absolute Gasteiger partial charge is 0.134 e. The number of benzene rings is 1. The average Bonchev–Trinajstić information content (AvgIpc) is 2.58. The molecule has 0 spiro atoms. The number of hydrogen-bond acceptors (Lipinski definition) is 2. The fraction of sp³-hybridized carbons (Fsp3) is 0.273. The summed E-state index contributed by atoms with van der Waals surface area (Å²) in [5.74, 6) is 1.03. The summed E-state index contributed by atoms with van der Waals surface area (Å²) in [5, 5.41) is 1.15. The van der Waals surface area contributed by atoms with Crippen molar-refractivity contribution in [2.45, 2.75) is 19.9 Å². The van der Waals surface area contributed by atoms with Gasteiger partial charge < -0.3 is 10.2 Å². The minimum atomic E-state index is 0.586. The first-order valence-electron chi connectivity index (χ1n) is 4.55. The molecule has 1 aromatic carbocycles. The molecule has 0 aliphatic heterocycles. The molecule has 13 heavy (non-hydrogen) atoms. The summed E-state index contributed by atoms with van der Waals surface area (Å²) in [7, 11) is 0. The van der Waals surface area contributed by atoms with E-state index in [9.17, 15) is 0 Å². The minimum Gasteiger partial charge on any atom is -0.461 e. The lowest BCUT2D eigenvalue weighted by molar-refractivity contribution is 0.557. The summed E-state index contributed by atoms with van der Waals surface area (Å²) in [6.45, 7) is 2.67. The van der Waals surface area contributed by atoms with E-state index in [0.717, 1.165) is 28.7 Å². The van der Waals surface area contributed by atoms with E-state index in [0.29, 0.717) is 6.54 Å². The number of fused-ring (bicyclic) bond motifs is 1. The Hall–Kier alpha value is -1.28. The van der Waals surface area contributed by atoms with E-state index in [1.54, 1.807) is 0 Å². The molecule has 0 bridgehead atoms. The van der Waals surface area contributed by atoms with Crippen molar-refractivity contribution >= 4 is 11.0 Å². The van der Waals surface area contributed by atoms with Gasteiger partial charge >= 0.3 is 0 Å². The highest BCUT2D eigenvalue weighted by molar-refractivity contribution is 5.78. The monoisotopic (exact) mass is 175 g/mol. The third kappa shape index (κ3) is 1.45. The number of rotatable bonds is 2. The van der Waals surface area contributed by atoms with Gasteiger partial charge in [0.25, 0.3) is 0 Å². The molecule has 0 saturated carbocycles. The Morgan fingerprint density at radius 1 is 1.31 bits per heavy atom. The summed E-state index contributed by atoms with van der Waals surface area (Å²) >= 11 is 0. The second-order valence-corrected chi connectivity index (χ2v) is 3.14. The maximum Gasteiger partial charge on any atom is 0.134 e. The minimum absolute atomic E-state index is 0.586. The third-order valence-corrected chi connectivity index (χ3v) is 2.22. The first kappa shape index (κ1) is 8.32. The van der Waals surface area contributed by atoms with Crippen molar-refractivity contribution in [3.63, 3.8) is 0 Å². The Kier molecular flexibility index (Phi) is 2.07. The van der Waals surface area contributed by atoms with Gasteiger partial charge in [0.1, 0.15) is 11.3 Å². The van der Waals surface area contributed by atoms with Crippen LogP contribution in [-0.2, 0) is 13.0 Å². The lowest BCUT2D eigenvalue weighted by Gasteiger charge is -1.93. The molecule has 2 heteroatoms. The molecular formula is C11H13NO. The quantitative estimate of drug-likeness (QED) is 0.761. The number of nitrogens with two attached hydrogens (primary N) is 1. The molecule has 2 N–H and O–H groups in total. The van der Waals surface area contributed by atoms with Crippen molar-refractivity contribution in [1.29, 1.82) is 0 Å². The molecule has 0 aliphatic rings. The van der Waals surface area contributed by atoms with Crippen molar-refractivity contribution in [2.24, 2.45) is 5.73 Å². The maximum atomic E-state index is 5.58. The molecule has 2 rings (SSSR count). The van der Waals surface area contributed by atoms with Gasteiger partial charge in [0.2, 0.25) is 0 Å². The van der Waals surface area contributed by atoms with E-state index < -0.39 is 0 Å². The van der Waals surface area contributed by atoms with Gasteiger partial charge in [-0.2, -0.15) is 0 Å². The van der Waals surface area contributed by atoms with E-state index in [2.05, 4.69) is 19.1 Å². The highest BCUT2D eigenvalue weighted by Gasteiger charge is 2.01. The molecule has 1 aromatic heterocycles. The zero-order valence-corrected chi connectivity index (χ0v) is 7.71. The van der Waals surface area contributed by atoms with Crippen LogP contribution < -0.4 is 5.73 Å². The van der Waals surface area contributed by atoms with Crippen LogP contribution in [0.4, 0.5) is 0 Å². The van der Waals surface area contributed by atoms with Crippen LogP contribution in [0.15, 0.2) is 28.7 Å². The molecule has 0 aliphatic carbocycles. The van der Waals surface area contributed by atoms with Crippen molar-refractivity contribution in [3.05, 3.63) is 35.6 Å². The first-order chi connectivity index (χ1) is 6.33. The van der Waals surface area contributed by atoms with Gasteiger partial charge in [0.15, 0.2) is 0 Å². The maximum absolute atomic E-state index is 5.58. The Labute approximate surface area is 77.3 Å². The number of hydrogen-bond donors (Lipinski definition) is 1. The van der Waals surface area contributed by atoms with Gasteiger partial charge in [-0.05, 0) is 23.8 Å². The van der Waals surface area contributed by atoms with Crippen LogP contribution in [0.1, 0.15) is 18.2 Å². The van der Waals surface area contributed by atoms with Gasteiger partial charge in [-0.25, -0.2) is 0 Å². The fourth-order valence-electron chi connectivity index (χ4n) is 1.45. The largest absolute Gasteiger partial charge is 0.461 e. The van der Waals surface area contributed by atoms with Crippen molar-refractivity contribution < 1.29 is 4.42 Å². The van der Waals surface area contributed by atoms with Crippen LogP contribution in [0.25, 0.3) is 11.0 Å². The third-order valence-electron chi connectivity index (χ3n) is 2.22. The van der Waals surface area contributed by atoms with Crippen molar-refractivity contribution in [2.75, 3.05) is 0 Å². The van der Waals surface area contributed by atoms with Crippen LogP contribution in [0.2, 0.25) is 0 Å². The average molecular weight is 175 g/mol. The summed E-state index contributed by atoms with van der Waals surface area (Å²) in [5.41, 5.74) is 7.65. The SMILES string of the molecule is CCc1cc2cc(CN)ccc2o1. The van der Waals surface area contributed by atoms with Crippen LogP contribution in [0.5, 0.6) is 0 Å². The molecule has 0 unspecified atom stereocenters. The van der Waals surface area contributed by atoms with Crippen LogP contribution in [0.3, 0.4) is 0 Å². The van der Waals surface area contributed by atoms with Crippen LogP contribution >= 0.6 is 0 Å². The summed E-state index contributed by atoms with van der Waals surface area (Å²) in [6, 6.07) is 8.15. The molecule has 0 saturated heterocycles. The lowest BCUT2D eigenvalue weighted by atomic mass is 10.1. The normalized spacial score (nSPS) is 10.9. The number of furan rings is 1. The van der Waals surface area contributed by atoms with Crippen molar-refractivity contribution in [3.8, 4) is 0 Å². The number of aryl methyl sites for hydroxylation is 1. The topological polar surface area (TPSA) is 39.2 Å². The highest BCUT2D eigenvalue weighted by Crippen LogP contribution is 2.20. The zero-order valence-electron chi connectivity index (χ0n) is 7.71. The summed E-state index contributed by atoms with van der Waals surface area (Å²) < 4.78 is 5.58. The van der Waals surface area contributed by atoms with E-state index in [1.807, 2.05) is 12.1 Å².